The van der Waals surface area contributed by atoms with Crippen molar-refractivity contribution in [3.05, 3.63) is 45.8 Å². The van der Waals surface area contributed by atoms with Crippen LogP contribution in [-0.2, 0) is 27.3 Å². The van der Waals surface area contributed by atoms with Gasteiger partial charge in [0.05, 0.1) is 6.61 Å². The Morgan fingerprint density at radius 1 is 1.14 bits per heavy atom. The number of hydrogen-bond donors (Lipinski definition) is 0. The summed E-state index contributed by atoms with van der Waals surface area (Å²) in [4.78, 5) is 29.4. The fourth-order valence-corrected chi connectivity index (χ4v) is 3.71. The number of unbranched alkanes of at least 4 members (excludes halogenated alkanes) is 5. The number of azide groups is 1. The number of nitrogens with zero attached hydrogens (tertiary/aromatic N) is 4. The van der Waals surface area contributed by atoms with Crippen LogP contribution in [-0.4, -0.2) is 35.5 Å². The minimum absolute atomic E-state index is 0.134. The van der Waals surface area contributed by atoms with Crippen LogP contribution in [0.2, 0.25) is 0 Å². The lowest BCUT2D eigenvalue weighted by Crippen LogP contribution is -2.45. The van der Waals surface area contributed by atoms with Gasteiger partial charge < -0.3 is 9.64 Å². The predicted molar refractivity (Wildman–Crippen MR) is 112 cm³/mol. The van der Waals surface area contributed by atoms with E-state index in [1.54, 1.807) is 11.8 Å². The third-order valence-electron chi connectivity index (χ3n) is 5.43. The van der Waals surface area contributed by atoms with Crippen LogP contribution in [0.1, 0.15) is 69.9 Å². The third-order valence-corrected chi connectivity index (χ3v) is 5.43. The second-order valence-electron chi connectivity index (χ2n) is 7.58. The van der Waals surface area contributed by atoms with Gasteiger partial charge in [0.1, 0.15) is 0 Å². The molecular formula is C22H32N4O3. The average molecular weight is 401 g/mol. The van der Waals surface area contributed by atoms with Crippen molar-refractivity contribution in [1.29, 1.82) is 0 Å². The van der Waals surface area contributed by atoms with Crippen molar-refractivity contribution in [3.8, 4) is 0 Å². The first-order valence-electron chi connectivity index (χ1n) is 10.7. The van der Waals surface area contributed by atoms with Gasteiger partial charge in [0.15, 0.2) is 0 Å². The van der Waals surface area contributed by atoms with Crippen LogP contribution >= 0.6 is 0 Å². The van der Waals surface area contributed by atoms with E-state index in [1.807, 2.05) is 12.1 Å². The largest absolute Gasteiger partial charge is 0.465 e. The summed E-state index contributed by atoms with van der Waals surface area (Å²) in [6.45, 7) is 4.76. The first-order chi connectivity index (χ1) is 14.1. The van der Waals surface area contributed by atoms with Gasteiger partial charge in [-0.25, -0.2) is 0 Å². The molecule has 7 nitrogen and oxygen atoms in total. The summed E-state index contributed by atoms with van der Waals surface area (Å²) in [7, 11) is 0. The molecule has 29 heavy (non-hydrogen) atoms. The van der Waals surface area contributed by atoms with Crippen molar-refractivity contribution in [2.75, 3.05) is 13.2 Å². The van der Waals surface area contributed by atoms with Gasteiger partial charge in [-0.1, -0.05) is 68.4 Å². The highest BCUT2D eigenvalue weighted by atomic mass is 16.5. The monoisotopic (exact) mass is 400 g/mol. The molecule has 7 heteroatoms. The molecule has 1 aliphatic heterocycles. The molecule has 1 atom stereocenters. The van der Waals surface area contributed by atoms with E-state index < -0.39 is 17.4 Å². The molecule has 158 valence electrons. The highest BCUT2D eigenvalue weighted by Gasteiger charge is 2.53. The van der Waals surface area contributed by atoms with Gasteiger partial charge >= 0.3 is 5.97 Å². The Balaban J connectivity index is 1.91. The Hall–Kier alpha value is -2.53. The van der Waals surface area contributed by atoms with Gasteiger partial charge in [-0.15, -0.1) is 0 Å². The molecule has 0 saturated carbocycles. The quantitative estimate of drug-likeness (QED) is 0.124. The molecule has 1 amide bonds. The topological polar surface area (TPSA) is 95.4 Å². The van der Waals surface area contributed by atoms with E-state index >= 15 is 0 Å². The number of hydrogen-bond acceptors (Lipinski definition) is 4. The summed E-state index contributed by atoms with van der Waals surface area (Å²) in [5, 5.41) is 3.54. The number of carbonyl (C=O) groups is 2. The van der Waals surface area contributed by atoms with Crippen LogP contribution < -0.4 is 0 Å². The molecule has 0 aromatic heterocycles. The van der Waals surface area contributed by atoms with Crippen molar-refractivity contribution in [3.63, 3.8) is 0 Å². The van der Waals surface area contributed by atoms with Crippen LogP contribution in [0.15, 0.2) is 29.4 Å². The van der Waals surface area contributed by atoms with E-state index in [0.29, 0.717) is 13.1 Å². The van der Waals surface area contributed by atoms with Crippen LogP contribution in [0.25, 0.3) is 10.4 Å². The Labute approximate surface area is 173 Å². The Morgan fingerprint density at radius 3 is 2.45 bits per heavy atom. The summed E-state index contributed by atoms with van der Waals surface area (Å²) in [5.74, 6) is -1.25. The van der Waals surface area contributed by atoms with Crippen LogP contribution in [0.4, 0.5) is 0 Å². The fourth-order valence-electron chi connectivity index (χ4n) is 3.71. The SMILES string of the molecule is CCCCCCCCc1ccc(CN2CCC(N=[N+]=[N-])(C(=O)OCC)C2=O)cc1. The summed E-state index contributed by atoms with van der Waals surface area (Å²) < 4.78 is 4.98. The molecule has 1 aromatic carbocycles. The Bertz CT molecular complexity index is 728. The number of esters is 1. The zero-order valence-electron chi connectivity index (χ0n) is 17.6. The lowest BCUT2D eigenvalue weighted by molar-refractivity contribution is -0.154. The van der Waals surface area contributed by atoms with Gasteiger partial charge in [-0.2, -0.15) is 0 Å². The fraction of sp³-hybridized carbons (Fsp3) is 0.636. The molecule has 1 unspecified atom stereocenters. The molecule has 0 radical (unpaired) electrons. The first kappa shape index (κ1) is 22.8. The summed E-state index contributed by atoms with van der Waals surface area (Å²) in [6.07, 6.45) is 8.88. The second kappa shape index (κ2) is 11.5. The van der Waals surface area contributed by atoms with Crippen molar-refractivity contribution in [2.24, 2.45) is 5.11 Å². The molecule has 0 N–H and O–H groups in total. The lowest BCUT2D eigenvalue weighted by atomic mass is 9.99. The molecule has 0 bridgehead atoms. The minimum Gasteiger partial charge on any atom is -0.465 e. The van der Waals surface area contributed by atoms with Gasteiger partial charge in [-0.05, 0) is 42.8 Å². The van der Waals surface area contributed by atoms with E-state index in [0.717, 1.165) is 12.0 Å². The van der Waals surface area contributed by atoms with E-state index in [9.17, 15) is 9.59 Å². The standard InChI is InChI=1S/C22H32N4O3/c1-3-5-6-7-8-9-10-18-11-13-19(14-12-18)17-26-16-15-22(20(26)27,24-25-23)21(28)29-4-2/h11-14H,3-10,15-17H2,1-2H3. The van der Waals surface area contributed by atoms with Gasteiger partial charge in [-0.3, -0.25) is 9.59 Å². The molecule has 1 saturated heterocycles. The van der Waals surface area contributed by atoms with E-state index in [4.69, 9.17) is 10.3 Å². The number of benzene rings is 1. The molecule has 1 aromatic rings. The van der Waals surface area contributed by atoms with Crippen LogP contribution in [0.3, 0.4) is 0 Å². The highest BCUT2D eigenvalue weighted by Crippen LogP contribution is 2.30. The summed E-state index contributed by atoms with van der Waals surface area (Å²) in [5.41, 5.74) is 9.37. The number of aryl methyl sites for hydroxylation is 1. The lowest BCUT2D eigenvalue weighted by Gasteiger charge is -2.21. The average Bonchev–Trinajstić information content (AvgIpc) is 3.03. The maximum atomic E-state index is 12.8. The molecule has 1 fully saturated rings. The maximum absolute atomic E-state index is 12.8. The number of likely N-dealkylation sites (tertiary alicyclic amines) is 1. The van der Waals surface area contributed by atoms with Gasteiger partial charge in [0, 0.05) is 18.0 Å². The number of amides is 1. The van der Waals surface area contributed by atoms with E-state index in [2.05, 4.69) is 29.1 Å². The van der Waals surface area contributed by atoms with Crippen molar-refractivity contribution in [1.82, 2.24) is 4.90 Å². The highest BCUT2D eigenvalue weighted by molar-refractivity contribution is 6.09. The first-order valence-corrected chi connectivity index (χ1v) is 10.7. The molecule has 0 spiro atoms. The van der Waals surface area contributed by atoms with Crippen molar-refractivity contribution in [2.45, 2.75) is 77.3 Å². The Morgan fingerprint density at radius 2 is 1.79 bits per heavy atom. The second-order valence-corrected chi connectivity index (χ2v) is 7.58. The maximum Gasteiger partial charge on any atom is 0.327 e. The number of carbonyl (C=O) groups excluding carboxylic acids is 2. The molecule has 0 aliphatic carbocycles. The molecule has 1 heterocycles. The molecule has 1 aliphatic rings. The smallest absolute Gasteiger partial charge is 0.327 e. The Kier molecular flexibility index (Phi) is 9.00. The van der Waals surface area contributed by atoms with E-state index in [1.165, 1.54) is 44.1 Å². The molecular weight excluding hydrogens is 368 g/mol. The number of ether oxygens (including phenoxy) is 1. The zero-order chi connectivity index (χ0) is 21.1. The third kappa shape index (κ3) is 5.97. The summed E-state index contributed by atoms with van der Waals surface area (Å²) >= 11 is 0. The van der Waals surface area contributed by atoms with Crippen molar-refractivity contribution >= 4 is 11.9 Å². The van der Waals surface area contributed by atoms with Crippen LogP contribution in [0.5, 0.6) is 0 Å². The minimum atomic E-state index is -1.76. The predicted octanol–water partition coefficient (Wildman–Crippen LogP) is 4.93. The van der Waals surface area contributed by atoms with E-state index in [-0.39, 0.29) is 13.0 Å². The van der Waals surface area contributed by atoms with Gasteiger partial charge in [0.2, 0.25) is 11.4 Å². The van der Waals surface area contributed by atoms with Gasteiger partial charge in [0.25, 0.3) is 0 Å². The molecule has 2 rings (SSSR count). The van der Waals surface area contributed by atoms with Crippen molar-refractivity contribution < 1.29 is 14.3 Å². The zero-order valence-corrected chi connectivity index (χ0v) is 17.6. The normalized spacial score (nSPS) is 18.6. The number of rotatable bonds is 12. The van der Waals surface area contributed by atoms with Crippen LogP contribution in [0, 0.1) is 0 Å². The summed E-state index contributed by atoms with van der Waals surface area (Å²) in [6, 6.07) is 8.26.